The maximum atomic E-state index is 12.2. The quantitative estimate of drug-likeness (QED) is 0.391. The van der Waals surface area contributed by atoms with Crippen molar-refractivity contribution in [1.82, 2.24) is 35.2 Å². The molecule has 4 aromatic heterocycles. The van der Waals surface area contributed by atoms with Crippen molar-refractivity contribution in [2.45, 2.75) is 38.0 Å². The summed E-state index contributed by atoms with van der Waals surface area (Å²) in [7, 11) is 1.88. The predicted octanol–water partition coefficient (Wildman–Crippen LogP) is 3.57. The molecule has 1 aliphatic carbocycles. The molecule has 0 bridgehead atoms. The minimum absolute atomic E-state index is 0.135. The largest absolute Gasteiger partial charge is 0.313 e. The van der Waals surface area contributed by atoms with E-state index in [2.05, 4.69) is 41.1 Å². The van der Waals surface area contributed by atoms with Crippen LogP contribution in [0, 0.1) is 5.92 Å². The van der Waals surface area contributed by atoms with Gasteiger partial charge in [-0.15, -0.1) is 20.4 Å². The van der Waals surface area contributed by atoms with Crippen LogP contribution in [0.25, 0.3) is 0 Å². The van der Waals surface area contributed by atoms with Crippen LogP contribution in [0.5, 0.6) is 0 Å². The highest BCUT2D eigenvalue weighted by Crippen LogP contribution is 2.41. The Balaban J connectivity index is 1.11. The lowest BCUT2D eigenvalue weighted by molar-refractivity contribution is -0.115. The van der Waals surface area contributed by atoms with Crippen molar-refractivity contribution in [2.24, 2.45) is 13.0 Å². The number of amides is 1. The zero-order chi connectivity index (χ0) is 22.6. The number of aryl methyl sites for hydroxylation is 1. The number of rotatable bonds is 8. The third-order valence-electron chi connectivity index (χ3n) is 5.52. The molecule has 170 valence electrons. The first-order chi connectivity index (χ1) is 16.1. The number of carbonyl (C=O) groups excluding carboxylic acids is 1. The fourth-order valence-corrected chi connectivity index (χ4v) is 5.76. The number of aromatic nitrogens is 7. The third-order valence-corrected chi connectivity index (χ3v) is 7.39. The van der Waals surface area contributed by atoms with E-state index in [-0.39, 0.29) is 12.3 Å². The number of anilines is 3. The molecule has 1 fully saturated rings. The van der Waals surface area contributed by atoms with Gasteiger partial charge in [-0.1, -0.05) is 28.7 Å². The second kappa shape index (κ2) is 9.71. The Hall–Kier alpha value is -3.25. The Kier molecular flexibility index (Phi) is 6.35. The highest BCUT2D eigenvalue weighted by atomic mass is 32.1. The van der Waals surface area contributed by atoms with Crippen molar-refractivity contribution in [3.8, 4) is 0 Å². The van der Waals surface area contributed by atoms with Crippen molar-refractivity contribution in [3.63, 3.8) is 0 Å². The van der Waals surface area contributed by atoms with Gasteiger partial charge < -0.3 is 10.6 Å². The van der Waals surface area contributed by atoms with Crippen LogP contribution in [0.1, 0.15) is 40.9 Å². The van der Waals surface area contributed by atoms with Crippen LogP contribution in [0.15, 0.2) is 36.7 Å². The first kappa shape index (κ1) is 21.6. The first-order valence-corrected chi connectivity index (χ1v) is 12.4. The smallest absolute Gasteiger partial charge is 0.232 e. The second-order valence-corrected chi connectivity index (χ2v) is 10.1. The topological polar surface area (TPSA) is 123 Å². The molecule has 0 radical (unpaired) electrons. The normalized spacial score (nSPS) is 17.8. The molecular weight excluding hydrogens is 458 g/mol. The van der Waals surface area contributed by atoms with Gasteiger partial charge in [0.2, 0.25) is 16.2 Å². The minimum atomic E-state index is -0.135. The number of pyridine rings is 1. The van der Waals surface area contributed by atoms with E-state index >= 15 is 0 Å². The maximum absolute atomic E-state index is 12.2. The van der Waals surface area contributed by atoms with E-state index in [1.807, 2.05) is 37.5 Å². The molecule has 0 unspecified atom stereocenters. The second-order valence-electron chi connectivity index (χ2n) is 8.07. The number of carbonyl (C=O) groups is 1. The molecule has 0 saturated heterocycles. The summed E-state index contributed by atoms with van der Waals surface area (Å²) in [6.45, 7) is 0. The van der Waals surface area contributed by atoms with Gasteiger partial charge in [0, 0.05) is 43.5 Å². The number of hydrogen-bond acceptors (Lipinski definition) is 10. The fraction of sp³-hybridized carbons (Fsp3) is 0.381. The first-order valence-electron chi connectivity index (χ1n) is 10.7. The van der Waals surface area contributed by atoms with Crippen LogP contribution in [-0.4, -0.2) is 41.1 Å². The monoisotopic (exact) mass is 481 g/mol. The van der Waals surface area contributed by atoms with Crippen LogP contribution >= 0.6 is 22.7 Å². The lowest BCUT2D eigenvalue weighted by Crippen LogP contribution is -2.14. The van der Waals surface area contributed by atoms with E-state index in [0.717, 1.165) is 52.3 Å². The molecule has 5 rings (SSSR count). The zero-order valence-electron chi connectivity index (χ0n) is 18.0. The summed E-state index contributed by atoms with van der Waals surface area (Å²) in [5, 5.41) is 30.8. The summed E-state index contributed by atoms with van der Waals surface area (Å²) in [6.07, 6.45) is 7.92. The van der Waals surface area contributed by atoms with Gasteiger partial charge in [0.1, 0.15) is 10.0 Å². The molecule has 0 aliphatic heterocycles. The third kappa shape index (κ3) is 5.57. The Morgan fingerprint density at radius 2 is 2.03 bits per heavy atom. The van der Waals surface area contributed by atoms with E-state index < -0.39 is 0 Å². The van der Waals surface area contributed by atoms with Crippen molar-refractivity contribution < 1.29 is 4.79 Å². The lowest BCUT2D eigenvalue weighted by Gasteiger charge is -2.06. The fourth-order valence-electron chi connectivity index (χ4n) is 3.99. The molecule has 33 heavy (non-hydrogen) atoms. The van der Waals surface area contributed by atoms with Crippen molar-refractivity contribution in [3.05, 3.63) is 52.4 Å². The van der Waals surface area contributed by atoms with E-state index in [9.17, 15) is 4.79 Å². The van der Waals surface area contributed by atoms with E-state index in [0.29, 0.717) is 17.0 Å². The average Bonchev–Trinajstić information content (AvgIpc) is 3.59. The summed E-state index contributed by atoms with van der Waals surface area (Å²) in [5.41, 5.74) is 0.729. The summed E-state index contributed by atoms with van der Waals surface area (Å²) < 4.78 is 1.75. The van der Waals surface area contributed by atoms with Gasteiger partial charge in [0.05, 0.1) is 6.42 Å². The van der Waals surface area contributed by atoms with Gasteiger partial charge in [-0.2, -0.15) is 5.10 Å². The Bertz CT molecular complexity index is 1220. The number of hydrogen-bond donors (Lipinski definition) is 2. The molecule has 1 saturated carbocycles. The van der Waals surface area contributed by atoms with Crippen LogP contribution in [0.3, 0.4) is 0 Å². The van der Waals surface area contributed by atoms with Gasteiger partial charge in [-0.05, 0) is 37.3 Å². The molecule has 10 nitrogen and oxygen atoms in total. The Morgan fingerprint density at radius 1 is 1.12 bits per heavy atom. The van der Waals surface area contributed by atoms with Gasteiger partial charge in [-0.3, -0.25) is 14.5 Å². The standard InChI is InChI=1S/C21H23N9OS2/c1-30-9-7-16(29-30)23-20-28-26-19(33-20)14-6-5-13(10-14)11-18-25-27-21(32-18)24-17(31)12-15-4-2-3-8-22-15/h2-4,7-9,13-14H,5-6,10-12H2,1H3,(H,23,28,29)(H,24,27,31)/t13-,14+/m1/s1. The van der Waals surface area contributed by atoms with E-state index in [1.54, 1.807) is 22.2 Å². The minimum Gasteiger partial charge on any atom is -0.313 e. The molecular formula is C21H23N9OS2. The summed E-state index contributed by atoms with van der Waals surface area (Å²) in [6, 6.07) is 7.43. The van der Waals surface area contributed by atoms with E-state index in [4.69, 9.17) is 0 Å². The number of nitrogens with one attached hydrogen (secondary N) is 2. The molecule has 0 aromatic carbocycles. The highest BCUT2D eigenvalue weighted by Gasteiger charge is 2.29. The van der Waals surface area contributed by atoms with Crippen molar-refractivity contribution in [1.29, 1.82) is 0 Å². The molecule has 4 heterocycles. The summed E-state index contributed by atoms with van der Waals surface area (Å²) in [5.74, 6) is 1.57. The van der Waals surface area contributed by atoms with Gasteiger partial charge in [0.15, 0.2) is 5.82 Å². The van der Waals surface area contributed by atoms with Crippen molar-refractivity contribution >= 4 is 44.7 Å². The number of nitrogens with zero attached hydrogens (tertiary/aromatic N) is 7. The average molecular weight is 482 g/mol. The Morgan fingerprint density at radius 3 is 2.85 bits per heavy atom. The molecule has 0 spiro atoms. The lowest BCUT2D eigenvalue weighted by atomic mass is 10.0. The van der Waals surface area contributed by atoms with Crippen LogP contribution in [0.2, 0.25) is 0 Å². The molecule has 2 N–H and O–H groups in total. The van der Waals surface area contributed by atoms with Crippen LogP contribution in [-0.2, 0) is 24.7 Å². The molecule has 1 aliphatic rings. The predicted molar refractivity (Wildman–Crippen MR) is 127 cm³/mol. The molecule has 1 amide bonds. The summed E-state index contributed by atoms with van der Waals surface area (Å²) >= 11 is 3.04. The van der Waals surface area contributed by atoms with Crippen LogP contribution in [0.4, 0.5) is 16.1 Å². The SMILES string of the molecule is Cn1ccc(Nc2nnc([C@H]3CC[C@@H](Cc4nnc(NC(=O)Cc5ccccn5)s4)C3)s2)n1. The van der Waals surface area contributed by atoms with Crippen LogP contribution < -0.4 is 10.6 Å². The van der Waals surface area contributed by atoms with Gasteiger partial charge in [0.25, 0.3) is 0 Å². The van der Waals surface area contributed by atoms with Gasteiger partial charge >= 0.3 is 0 Å². The molecule has 12 heteroatoms. The highest BCUT2D eigenvalue weighted by molar-refractivity contribution is 7.15. The molecule has 4 aromatic rings. The Labute approximate surface area is 198 Å². The zero-order valence-corrected chi connectivity index (χ0v) is 19.6. The summed E-state index contributed by atoms with van der Waals surface area (Å²) in [4.78, 5) is 16.4. The maximum Gasteiger partial charge on any atom is 0.232 e. The van der Waals surface area contributed by atoms with E-state index in [1.165, 1.54) is 11.3 Å². The molecule has 2 atom stereocenters. The van der Waals surface area contributed by atoms with Gasteiger partial charge in [-0.25, -0.2) is 0 Å². The van der Waals surface area contributed by atoms with Crippen molar-refractivity contribution in [2.75, 3.05) is 10.6 Å².